The fourth-order valence-electron chi connectivity index (χ4n) is 2.80. The van der Waals surface area contributed by atoms with E-state index in [0.29, 0.717) is 5.92 Å². The molecule has 1 saturated carbocycles. The molecule has 1 rings (SSSR count). The van der Waals surface area contributed by atoms with Gasteiger partial charge in [0.25, 0.3) is 0 Å². The summed E-state index contributed by atoms with van der Waals surface area (Å²) in [4.78, 5) is 0. The molecule has 0 spiro atoms. The first kappa shape index (κ1) is 11.0. The minimum Gasteiger partial charge on any atom is -0.390 e. The van der Waals surface area contributed by atoms with E-state index in [4.69, 9.17) is 0 Å². The molecular formula is C12H24O. The average Bonchev–Trinajstić information content (AvgIpc) is 2.33. The smallest absolute Gasteiger partial charge is 0.0675 e. The van der Waals surface area contributed by atoms with Gasteiger partial charge in [0.1, 0.15) is 0 Å². The Morgan fingerprint density at radius 3 is 1.85 bits per heavy atom. The summed E-state index contributed by atoms with van der Waals surface area (Å²) < 4.78 is 0. The van der Waals surface area contributed by atoms with Gasteiger partial charge in [-0.2, -0.15) is 0 Å². The maximum Gasteiger partial charge on any atom is 0.0675 e. The van der Waals surface area contributed by atoms with Crippen molar-refractivity contribution in [2.45, 2.75) is 70.8 Å². The van der Waals surface area contributed by atoms with E-state index < -0.39 is 0 Å². The van der Waals surface area contributed by atoms with E-state index in [1.54, 1.807) is 0 Å². The highest BCUT2D eigenvalue weighted by Gasteiger charge is 2.34. The third-order valence-corrected chi connectivity index (χ3v) is 3.71. The largest absolute Gasteiger partial charge is 0.390 e. The molecule has 0 bridgehead atoms. The molecule has 13 heavy (non-hydrogen) atoms. The summed E-state index contributed by atoms with van der Waals surface area (Å²) in [7, 11) is 0. The molecule has 1 fully saturated rings. The Balaban J connectivity index is 2.58. The zero-order valence-electron chi connectivity index (χ0n) is 9.18. The summed E-state index contributed by atoms with van der Waals surface area (Å²) in [5.41, 5.74) is -0.319. The van der Waals surface area contributed by atoms with E-state index in [1.165, 1.54) is 25.7 Å². The van der Waals surface area contributed by atoms with Crippen molar-refractivity contribution in [2.75, 3.05) is 0 Å². The zero-order chi connectivity index (χ0) is 9.73. The van der Waals surface area contributed by atoms with Crippen molar-refractivity contribution >= 4 is 0 Å². The lowest BCUT2D eigenvalue weighted by atomic mass is 9.78. The lowest BCUT2D eigenvalue weighted by Crippen LogP contribution is -2.36. The number of hydrogen-bond acceptors (Lipinski definition) is 1. The van der Waals surface area contributed by atoms with Crippen LogP contribution >= 0.6 is 0 Å². The van der Waals surface area contributed by atoms with Crippen LogP contribution in [0.15, 0.2) is 0 Å². The van der Waals surface area contributed by atoms with Crippen molar-refractivity contribution in [3.05, 3.63) is 0 Å². The lowest BCUT2D eigenvalue weighted by Gasteiger charge is -2.34. The molecule has 1 heteroatoms. The Morgan fingerprint density at radius 1 is 1.00 bits per heavy atom. The molecule has 0 aromatic carbocycles. The Kier molecular flexibility index (Phi) is 4.24. The average molecular weight is 184 g/mol. The first-order valence-electron chi connectivity index (χ1n) is 5.95. The lowest BCUT2D eigenvalue weighted by molar-refractivity contribution is -0.0350. The first-order valence-corrected chi connectivity index (χ1v) is 5.95. The molecule has 0 unspecified atom stereocenters. The molecule has 0 saturated heterocycles. The predicted octanol–water partition coefficient (Wildman–Crippen LogP) is 3.51. The van der Waals surface area contributed by atoms with Gasteiger partial charge < -0.3 is 5.11 Å². The topological polar surface area (TPSA) is 20.2 Å². The highest BCUT2D eigenvalue weighted by atomic mass is 16.3. The summed E-state index contributed by atoms with van der Waals surface area (Å²) in [6, 6.07) is 0. The molecule has 78 valence electrons. The molecule has 1 nitrogen and oxygen atoms in total. The second-order valence-electron chi connectivity index (χ2n) is 4.53. The van der Waals surface area contributed by atoms with Crippen LogP contribution in [-0.2, 0) is 0 Å². The van der Waals surface area contributed by atoms with Crippen molar-refractivity contribution in [3.63, 3.8) is 0 Å². The molecule has 0 heterocycles. The van der Waals surface area contributed by atoms with E-state index in [9.17, 15) is 5.11 Å². The summed E-state index contributed by atoms with van der Waals surface area (Å²) in [6.45, 7) is 4.41. The van der Waals surface area contributed by atoms with Crippen molar-refractivity contribution < 1.29 is 5.11 Å². The third-order valence-electron chi connectivity index (χ3n) is 3.71. The van der Waals surface area contributed by atoms with Crippen LogP contribution in [-0.4, -0.2) is 10.7 Å². The normalized spacial score (nSPS) is 23.1. The molecule has 0 radical (unpaired) electrons. The molecular weight excluding hydrogens is 160 g/mol. The first-order chi connectivity index (χ1) is 6.23. The summed E-state index contributed by atoms with van der Waals surface area (Å²) >= 11 is 0. The molecule has 0 aromatic heterocycles. The highest BCUT2D eigenvalue weighted by Crippen LogP contribution is 2.36. The quantitative estimate of drug-likeness (QED) is 0.665. The Hall–Kier alpha value is -0.0400. The van der Waals surface area contributed by atoms with Crippen LogP contribution in [0.1, 0.15) is 65.2 Å². The summed E-state index contributed by atoms with van der Waals surface area (Å²) in [6.07, 6.45) is 9.45. The highest BCUT2D eigenvalue weighted by molar-refractivity contribution is 4.86. The second kappa shape index (κ2) is 4.99. The van der Waals surface area contributed by atoms with Gasteiger partial charge in [-0.1, -0.05) is 52.4 Å². The van der Waals surface area contributed by atoms with Crippen molar-refractivity contribution in [1.29, 1.82) is 0 Å². The number of rotatable bonds is 3. The predicted molar refractivity (Wildman–Crippen MR) is 56.7 cm³/mol. The summed E-state index contributed by atoms with van der Waals surface area (Å²) in [5, 5.41) is 10.5. The maximum absolute atomic E-state index is 10.5. The monoisotopic (exact) mass is 184 g/mol. The Labute approximate surface area is 82.5 Å². The number of hydrogen-bond donors (Lipinski definition) is 1. The molecule has 1 aliphatic rings. The molecule has 0 aromatic rings. The standard InChI is InChI=1S/C12H24O/c1-3-11(4-2)12(13)9-7-5-6-8-10-12/h11,13H,3-10H2,1-2H3. The Morgan fingerprint density at radius 2 is 1.46 bits per heavy atom. The minimum absolute atomic E-state index is 0.319. The van der Waals surface area contributed by atoms with Crippen molar-refractivity contribution in [2.24, 2.45) is 5.92 Å². The van der Waals surface area contributed by atoms with Gasteiger partial charge >= 0.3 is 0 Å². The summed E-state index contributed by atoms with van der Waals surface area (Å²) in [5.74, 6) is 0.533. The third kappa shape index (κ3) is 2.70. The second-order valence-corrected chi connectivity index (χ2v) is 4.53. The molecule has 1 N–H and O–H groups in total. The maximum atomic E-state index is 10.5. The molecule has 0 aliphatic heterocycles. The molecule has 0 atom stereocenters. The van der Waals surface area contributed by atoms with Gasteiger partial charge in [-0.3, -0.25) is 0 Å². The van der Waals surface area contributed by atoms with Crippen LogP contribution < -0.4 is 0 Å². The van der Waals surface area contributed by atoms with Crippen molar-refractivity contribution in [3.8, 4) is 0 Å². The van der Waals surface area contributed by atoms with Crippen LogP contribution in [0, 0.1) is 5.92 Å². The van der Waals surface area contributed by atoms with Gasteiger partial charge in [-0.05, 0) is 18.8 Å². The van der Waals surface area contributed by atoms with Crippen LogP contribution in [0.25, 0.3) is 0 Å². The minimum atomic E-state index is -0.319. The Bertz CT molecular complexity index is 130. The van der Waals surface area contributed by atoms with E-state index >= 15 is 0 Å². The van der Waals surface area contributed by atoms with Gasteiger partial charge in [-0.15, -0.1) is 0 Å². The fraction of sp³-hybridized carbons (Fsp3) is 1.00. The van der Waals surface area contributed by atoms with Gasteiger partial charge in [0.05, 0.1) is 5.60 Å². The van der Waals surface area contributed by atoms with E-state index in [-0.39, 0.29) is 5.60 Å². The fourth-order valence-corrected chi connectivity index (χ4v) is 2.80. The number of aliphatic hydroxyl groups is 1. The van der Waals surface area contributed by atoms with Gasteiger partial charge in [0, 0.05) is 0 Å². The van der Waals surface area contributed by atoms with Crippen molar-refractivity contribution in [1.82, 2.24) is 0 Å². The van der Waals surface area contributed by atoms with E-state index in [2.05, 4.69) is 13.8 Å². The van der Waals surface area contributed by atoms with Gasteiger partial charge in [-0.25, -0.2) is 0 Å². The zero-order valence-corrected chi connectivity index (χ0v) is 9.18. The van der Waals surface area contributed by atoms with E-state index in [1.807, 2.05) is 0 Å². The molecule has 1 aliphatic carbocycles. The van der Waals surface area contributed by atoms with Crippen LogP contribution in [0.2, 0.25) is 0 Å². The van der Waals surface area contributed by atoms with Crippen LogP contribution in [0.5, 0.6) is 0 Å². The van der Waals surface area contributed by atoms with Gasteiger partial charge in [0.15, 0.2) is 0 Å². The van der Waals surface area contributed by atoms with Crippen LogP contribution in [0.4, 0.5) is 0 Å². The molecule has 0 amide bonds. The van der Waals surface area contributed by atoms with Gasteiger partial charge in [0.2, 0.25) is 0 Å². The SMILES string of the molecule is CCC(CC)C1(O)CCCCCC1. The van der Waals surface area contributed by atoms with Crippen LogP contribution in [0.3, 0.4) is 0 Å². The van der Waals surface area contributed by atoms with E-state index in [0.717, 1.165) is 25.7 Å².